The van der Waals surface area contributed by atoms with Crippen LogP contribution in [0.5, 0.6) is 0 Å². The topological polar surface area (TPSA) is 71.8 Å². The van der Waals surface area contributed by atoms with E-state index < -0.39 is 4.92 Å². The van der Waals surface area contributed by atoms with Crippen molar-refractivity contribution in [2.45, 2.75) is 6.92 Å². The number of aromatic amines is 1. The van der Waals surface area contributed by atoms with E-state index in [2.05, 4.69) is 4.98 Å². The van der Waals surface area contributed by atoms with Gasteiger partial charge in [0.15, 0.2) is 0 Å². The molecule has 0 aliphatic heterocycles. The van der Waals surface area contributed by atoms with Crippen LogP contribution in [-0.4, -0.2) is 14.9 Å². The van der Waals surface area contributed by atoms with Crippen LogP contribution in [0.2, 0.25) is 0 Å². The third-order valence-corrected chi connectivity index (χ3v) is 4.57. The summed E-state index contributed by atoms with van der Waals surface area (Å²) < 4.78 is 13.3. The number of rotatable bonds is 4. The average Bonchev–Trinajstić information content (AvgIpc) is 3.14. The van der Waals surface area contributed by atoms with Gasteiger partial charge in [-0.2, -0.15) is 0 Å². The molecule has 4 rings (SSSR count). The Morgan fingerprint density at radius 2 is 1.68 bits per heavy atom. The number of nitro groups is 1. The molecule has 138 valence electrons. The lowest BCUT2D eigenvalue weighted by Crippen LogP contribution is -1.92. The predicted molar refractivity (Wildman–Crippen MR) is 106 cm³/mol. The number of nitrogens with zero attached hydrogens (tertiary/aromatic N) is 2. The fourth-order valence-corrected chi connectivity index (χ4v) is 3.11. The van der Waals surface area contributed by atoms with Crippen LogP contribution in [0.15, 0.2) is 72.8 Å². The predicted octanol–water partition coefficient (Wildman–Crippen LogP) is 5.77. The van der Waals surface area contributed by atoms with E-state index in [1.54, 1.807) is 24.3 Å². The van der Waals surface area contributed by atoms with E-state index in [4.69, 9.17) is 4.98 Å². The number of nitrogens with one attached hydrogen (secondary N) is 1. The van der Waals surface area contributed by atoms with Gasteiger partial charge in [-0.25, -0.2) is 9.37 Å². The van der Waals surface area contributed by atoms with Crippen molar-refractivity contribution in [1.29, 1.82) is 0 Å². The van der Waals surface area contributed by atoms with Crippen molar-refractivity contribution in [2.75, 3.05) is 0 Å². The number of aryl methyl sites for hydroxylation is 1. The maximum Gasteiger partial charge on any atom is 0.270 e. The van der Waals surface area contributed by atoms with E-state index in [-0.39, 0.29) is 11.5 Å². The number of benzene rings is 3. The Kier molecular flexibility index (Phi) is 4.45. The zero-order valence-corrected chi connectivity index (χ0v) is 15.0. The van der Waals surface area contributed by atoms with Crippen molar-refractivity contribution < 1.29 is 9.31 Å². The van der Waals surface area contributed by atoms with Crippen molar-refractivity contribution in [3.63, 3.8) is 0 Å². The number of aromatic nitrogens is 2. The molecule has 0 saturated heterocycles. The lowest BCUT2D eigenvalue weighted by Gasteiger charge is -2.07. The van der Waals surface area contributed by atoms with Crippen LogP contribution >= 0.6 is 0 Å². The second-order valence-electron chi connectivity index (χ2n) is 6.44. The second-order valence-corrected chi connectivity index (χ2v) is 6.44. The molecule has 0 spiro atoms. The lowest BCUT2D eigenvalue weighted by molar-refractivity contribution is -0.384. The molecule has 1 aromatic heterocycles. The molecule has 0 bridgehead atoms. The van der Waals surface area contributed by atoms with Gasteiger partial charge in [0.1, 0.15) is 11.6 Å². The molecule has 0 aliphatic carbocycles. The summed E-state index contributed by atoms with van der Waals surface area (Å²) in [6.45, 7) is 1.90. The van der Waals surface area contributed by atoms with E-state index in [0.717, 1.165) is 16.7 Å². The van der Waals surface area contributed by atoms with Crippen LogP contribution in [0.4, 0.5) is 10.1 Å². The summed E-state index contributed by atoms with van der Waals surface area (Å²) in [5, 5.41) is 11.3. The molecule has 0 atom stereocenters. The van der Waals surface area contributed by atoms with Gasteiger partial charge >= 0.3 is 0 Å². The van der Waals surface area contributed by atoms with Gasteiger partial charge in [0.05, 0.1) is 16.3 Å². The summed E-state index contributed by atoms with van der Waals surface area (Å²) in [6.07, 6.45) is 0. The van der Waals surface area contributed by atoms with Crippen molar-refractivity contribution >= 4 is 5.69 Å². The lowest BCUT2D eigenvalue weighted by atomic mass is 10.0. The van der Waals surface area contributed by atoms with Gasteiger partial charge in [0.25, 0.3) is 5.69 Å². The molecule has 0 unspecified atom stereocenters. The highest BCUT2D eigenvalue weighted by Gasteiger charge is 2.19. The van der Waals surface area contributed by atoms with Gasteiger partial charge in [-0.1, -0.05) is 36.4 Å². The molecule has 6 heteroatoms. The highest BCUT2D eigenvalue weighted by atomic mass is 19.1. The van der Waals surface area contributed by atoms with Crippen molar-refractivity contribution in [3.05, 3.63) is 94.3 Å². The maximum atomic E-state index is 13.3. The second kappa shape index (κ2) is 7.08. The van der Waals surface area contributed by atoms with Crippen LogP contribution in [0.3, 0.4) is 0 Å². The summed E-state index contributed by atoms with van der Waals surface area (Å²) in [5.74, 6) is 0.244. The van der Waals surface area contributed by atoms with Gasteiger partial charge in [-0.3, -0.25) is 10.1 Å². The molecule has 0 amide bonds. The number of imidazole rings is 1. The minimum absolute atomic E-state index is 0.0116. The van der Waals surface area contributed by atoms with Crippen LogP contribution in [-0.2, 0) is 0 Å². The molecule has 5 nitrogen and oxygen atoms in total. The van der Waals surface area contributed by atoms with Crippen LogP contribution in [0.25, 0.3) is 33.9 Å². The number of halogens is 1. The molecular formula is C22H16FN3O2. The van der Waals surface area contributed by atoms with Gasteiger partial charge < -0.3 is 4.98 Å². The highest BCUT2D eigenvalue weighted by Crippen LogP contribution is 2.36. The fraction of sp³-hybridized carbons (Fsp3) is 0.0455. The largest absolute Gasteiger partial charge is 0.337 e. The molecule has 0 radical (unpaired) electrons. The van der Waals surface area contributed by atoms with Crippen LogP contribution in [0, 0.1) is 22.9 Å². The minimum Gasteiger partial charge on any atom is -0.337 e. The summed E-state index contributed by atoms with van der Waals surface area (Å²) in [5.41, 5.74) is 4.58. The minimum atomic E-state index is -0.414. The first kappa shape index (κ1) is 17.6. The average molecular weight is 373 g/mol. The third kappa shape index (κ3) is 3.27. The van der Waals surface area contributed by atoms with Gasteiger partial charge in [-0.05, 0) is 36.8 Å². The van der Waals surface area contributed by atoms with Crippen molar-refractivity contribution in [2.24, 2.45) is 0 Å². The molecular weight excluding hydrogens is 357 g/mol. The Morgan fingerprint density at radius 1 is 0.964 bits per heavy atom. The fourth-order valence-electron chi connectivity index (χ4n) is 3.11. The number of non-ortho nitro benzene ring substituents is 1. The van der Waals surface area contributed by atoms with Gasteiger partial charge in [0, 0.05) is 28.8 Å². The Labute approximate surface area is 160 Å². The zero-order valence-electron chi connectivity index (χ0n) is 15.0. The number of H-pyrrole nitrogens is 1. The molecule has 3 aromatic carbocycles. The van der Waals surface area contributed by atoms with Crippen molar-refractivity contribution in [3.8, 4) is 33.9 Å². The van der Waals surface area contributed by atoms with E-state index in [9.17, 15) is 14.5 Å². The monoisotopic (exact) mass is 373 g/mol. The smallest absolute Gasteiger partial charge is 0.270 e. The number of nitro benzene ring substituents is 1. The number of hydrogen-bond donors (Lipinski definition) is 1. The molecule has 1 N–H and O–H groups in total. The van der Waals surface area contributed by atoms with E-state index in [1.165, 1.54) is 18.2 Å². The zero-order chi connectivity index (χ0) is 19.7. The standard InChI is InChI=1S/C22H16FN3O2/c1-14-7-12-18(26(27)28)13-19(14)21-20(15-5-3-2-4-6-15)24-22(25-21)16-8-10-17(23)11-9-16/h2-13H,1H3,(H,24,25). The molecule has 28 heavy (non-hydrogen) atoms. The quantitative estimate of drug-likeness (QED) is 0.365. The van der Waals surface area contributed by atoms with Gasteiger partial charge in [-0.15, -0.1) is 0 Å². The highest BCUT2D eigenvalue weighted by molar-refractivity contribution is 5.83. The third-order valence-electron chi connectivity index (χ3n) is 4.57. The first-order chi connectivity index (χ1) is 13.5. The first-order valence-electron chi connectivity index (χ1n) is 8.70. The summed E-state index contributed by atoms with van der Waals surface area (Å²) in [6, 6.07) is 20.4. The Balaban J connectivity index is 1.94. The van der Waals surface area contributed by atoms with E-state index in [1.807, 2.05) is 37.3 Å². The molecule has 4 aromatic rings. The molecule has 1 heterocycles. The summed E-state index contributed by atoms with van der Waals surface area (Å²) >= 11 is 0. The van der Waals surface area contributed by atoms with E-state index in [0.29, 0.717) is 22.8 Å². The first-order valence-corrected chi connectivity index (χ1v) is 8.70. The molecule has 0 fully saturated rings. The van der Waals surface area contributed by atoms with Crippen LogP contribution < -0.4 is 0 Å². The Hall–Kier alpha value is -3.80. The molecule has 0 saturated carbocycles. The Bertz CT molecular complexity index is 1150. The normalized spacial score (nSPS) is 10.8. The summed E-state index contributed by atoms with van der Waals surface area (Å²) in [7, 11) is 0. The number of hydrogen-bond acceptors (Lipinski definition) is 3. The van der Waals surface area contributed by atoms with Crippen molar-refractivity contribution in [1.82, 2.24) is 9.97 Å². The maximum absolute atomic E-state index is 13.3. The summed E-state index contributed by atoms with van der Waals surface area (Å²) in [4.78, 5) is 18.8. The van der Waals surface area contributed by atoms with E-state index >= 15 is 0 Å². The molecule has 0 aliphatic rings. The Morgan fingerprint density at radius 3 is 2.36 bits per heavy atom. The van der Waals surface area contributed by atoms with Crippen LogP contribution in [0.1, 0.15) is 5.56 Å². The SMILES string of the molecule is Cc1ccc([N+](=O)[O-])cc1-c1[nH]c(-c2ccc(F)cc2)nc1-c1ccccc1. The van der Waals surface area contributed by atoms with Gasteiger partial charge in [0.2, 0.25) is 0 Å².